The Hall–Kier alpha value is -3.60. The molecule has 0 spiro atoms. The highest BCUT2D eigenvalue weighted by Gasteiger charge is 2.13. The molecule has 2 aromatic rings. The molecule has 4 rings (SSSR count). The Morgan fingerprint density at radius 3 is 2.04 bits per heavy atom. The minimum Gasteiger partial charge on any atom is -0.497 e. The second-order valence-electron chi connectivity index (χ2n) is 5.94. The van der Waals surface area contributed by atoms with Crippen molar-refractivity contribution in [2.45, 2.75) is 0 Å². The molecule has 134 valence electrons. The van der Waals surface area contributed by atoms with Crippen LogP contribution < -0.4 is 15.1 Å². The average molecular weight is 357 g/mol. The molecule has 5 heteroatoms. The van der Waals surface area contributed by atoms with Crippen molar-refractivity contribution < 1.29 is 9.47 Å². The Labute approximate surface area is 157 Å². The molecule has 0 N–H and O–H groups in total. The Kier molecular flexibility index (Phi) is 4.58. The highest BCUT2D eigenvalue weighted by molar-refractivity contribution is 5.60. The molecule has 0 atom stereocenters. The maximum absolute atomic E-state index is 5.28. The van der Waals surface area contributed by atoms with Gasteiger partial charge in [0.1, 0.15) is 11.5 Å². The zero-order valence-electron chi connectivity index (χ0n) is 15.2. The predicted octanol–water partition coefficient (Wildman–Crippen LogP) is 4.23. The van der Waals surface area contributed by atoms with Crippen molar-refractivity contribution in [3.63, 3.8) is 0 Å². The lowest BCUT2D eigenvalue weighted by Crippen LogP contribution is -2.16. The van der Waals surface area contributed by atoms with Crippen LogP contribution in [-0.4, -0.2) is 23.8 Å². The Balaban J connectivity index is 1.92. The van der Waals surface area contributed by atoms with Gasteiger partial charge in [0.2, 0.25) is 5.62 Å². The Bertz CT molecular complexity index is 1080. The number of fused-ring (bicyclic) bond motifs is 1. The molecular weight excluding hydrogens is 338 g/mol. The number of ether oxygens (including phenoxy) is 2. The molecule has 0 radical (unpaired) electrons. The van der Waals surface area contributed by atoms with Crippen LogP contribution in [0.15, 0.2) is 83.9 Å². The van der Waals surface area contributed by atoms with Crippen LogP contribution in [0.4, 0.5) is 5.69 Å². The van der Waals surface area contributed by atoms with Gasteiger partial charge in [0.15, 0.2) is 0 Å². The van der Waals surface area contributed by atoms with E-state index in [4.69, 9.17) is 19.5 Å². The van der Waals surface area contributed by atoms with Gasteiger partial charge in [-0.3, -0.25) is 4.57 Å². The summed E-state index contributed by atoms with van der Waals surface area (Å²) in [4.78, 5) is 9.50. The number of benzene rings is 2. The van der Waals surface area contributed by atoms with Crippen molar-refractivity contribution in [2.75, 3.05) is 14.2 Å². The summed E-state index contributed by atoms with van der Waals surface area (Å²) in [6, 6.07) is 25.5. The lowest BCUT2D eigenvalue weighted by Gasteiger charge is -2.07. The minimum atomic E-state index is 0.617. The van der Waals surface area contributed by atoms with Gasteiger partial charge in [-0.1, -0.05) is 18.2 Å². The first kappa shape index (κ1) is 16.8. The third-order valence-corrected chi connectivity index (χ3v) is 4.29. The number of rotatable bonds is 4. The summed E-state index contributed by atoms with van der Waals surface area (Å²) in [5, 5.41) is 0. The normalized spacial score (nSPS) is 11.6. The van der Waals surface area contributed by atoms with E-state index < -0.39 is 0 Å². The van der Waals surface area contributed by atoms with Crippen molar-refractivity contribution in [1.82, 2.24) is 9.55 Å². The molecule has 0 aromatic heterocycles. The van der Waals surface area contributed by atoms with Crippen molar-refractivity contribution in [2.24, 2.45) is 4.99 Å². The highest BCUT2D eigenvalue weighted by Crippen LogP contribution is 2.23. The molecule has 5 nitrogen and oxygen atoms in total. The predicted molar refractivity (Wildman–Crippen MR) is 105 cm³/mol. The van der Waals surface area contributed by atoms with Gasteiger partial charge in [0.25, 0.3) is 0 Å². The third kappa shape index (κ3) is 3.40. The molecule has 2 aromatic carbocycles. The van der Waals surface area contributed by atoms with Crippen LogP contribution in [0.5, 0.6) is 11.5 Å². The van der Waals surface area contributed by atoms with E-state index in [1.807, 2.05) is 83.4 Å². The smallest absolute Gasteiger partial charge is 0.235 e. The van der Waals surface area contributed by atoms with E-state index in [0.29, 0.717) is 5.62 Å². The van der Waals surface area contributed by atoms with E-state index >= 15 is 0 Å². The first-order valence-corrected chi connectivity index (χ1v) is 8.59. The van der Waals surface area contributed by atoms with E-state index in [2.05, 4.69) is 0 Å². The molecule has 2 aliphatic rings. The van der Waals surface area contributed by atoms with Gasteiger partial charge in [-0.25, -0.2) is 9.98 Å². The van der Waals surface area contributed by atoms with Crippen molar-refractivity contribution in [1.29, 1.82) is 0 Å². The van der Waals surface area contributed by atoms with Gasteiger partial charge < -0.3 is 9.47 Å². The molecule has 0 saturated carbocycles. The fourth-order valence-corrected chi connectivity index (χ4v) is 2.91. The van der Waals surface area contributed by atoms with Gasteiger partial charge in [0, 0.05) is 5.69 Å². The number of hydrogen-bond acceptors (Lipinski definition) is 4. The topological polar surface area (TPSA) is 48.6 Å². The number of imidazole rings is 1. The summed E-state index contributed by atoms with van der Waals surface area (Å²) in [6.45, 7) is 0. The van der Waals surface area contributed by atoms with E-state index in [1.54, 1.807) is 14.2 Å². The number of methoxy groups -OCH3 is 2. The van der Waals surface area contributed by atoms with E-state index in [0.717, 1.165) is 34.3 Å². The lowest BCUT2D eigenvalue weighted by atomic mass is 10.2. The fraction of sp³-hybridized carbons (Fsp3) is 0.0909. The van der Waals surface area contributed by atoms with Crippen LogP contribution in [0.1, 0.15) is 0 Å². The van der Waals surface area contributed by atoms with E-state index in [-0.39, 0.29) is 0 Å². The molecule has 0 unspecified atom stereocenters. The van der Waals surface area contributed by atoms with Crippen LogP contribution in [0.2, 0.25) is 0 Å². The monoisotopic (exact) mass is 357 g/mol. The molecule has 1 aliphatic heterocycles. The average Bonchev–Trinajstić information content (AvgIpc) is 2.89. The van der Waals surface area contributed by atoms with Crippen molar-refractivity contribution in [3.8, 4) is 28.6 Å². The maximum Gasteiger partial charge on any atom is 0.235 e. The second-order valence-corrected chi connectivity index (χ2v) is 5.94. The first-order valence-electron chi connectivity index (χ1n) is 8.59. The lowest BCUT2D eigenvalue weighted by molar-refractivity contribution is 0.414. The van der Waals surface area contributed by atoms with E-state index in [1.165, 1.54) is 0 Å². The zero-order chi connectivity index (χ0) is 18.6. The van der Waals surface area contributed by atoms with Gasteiger partial charge in [-0.15, -0.1) is 0 Å². The first-order chi connectivity index (χ1) is 13.3. The van der Waals surface area contributed by atoms with E-state index in [9.17, 15) is 0 Å². The highest BCUT2D eigenvalue weighted by atomic mass is 16.5. The summed E-state index contributed by atoms with van der Waals surface area (Å²) in [5.74, 6) is 1.60. The van der Waals surface area contributed by atoms with Crippen LogP contribution in [0.3, 0.4) is 0 Å². The van der Waals surface area contributed by atoms with Crippen LogP contribution in [-0.2, 0) is 0 Å². The fourth-order valence-electron chi connectivity index (χ4n) is 2.91. The number of aromatic nitrogens is 2. The molecule has 0 amide bonds. The summed E-state index contributed by atoms with van der Waals surface area (Å²) in [5.41, 5.74) is 4.26. The van der Waals surface area contributed by atoms with Crippen LogP contribution in [0.25, 0.3) is 17.1 Å². The molecule has 0 saturated heterocycles. The summed E-state index contributed by atoms with van der Waals surface area (Å²) in [7, 11) is 3.31. The van der Waals surface area contributed by atoms with Gasteiger partial charge in [-0.2, -0.15) is 0 Å². The molecule has 1 aliphatic carbocycles. The molecule has 27 heavy (non-hydrogen) atoms. The Morgan fingerprint density at radius 1 is 0.741 bits per heavy atom. The maximum atomic E-state index is 5.28. The van der Waals surface area contributed by atoms with Crippen molar-refractivity contribution >= 4 is 5.69 Å². The molecule has 0 bridgehead atoms. The second kappa shape index (κ2) is 7.33. The number of nitrogens with zero attached hydrogens (tertiary/aromatic N) is 3. The summed E-state index contributed by atoms with van der Waals surface area (Å²) < 4.78 is 12.5. The minimum absolute atomic E-state index is 0.617. The van der Waals surface area contributed by atoms with Gasteiger partial charge >= 0.3 is 0 Å². The van der Waals surface area contributed by atoms with Gasteiger partial charge in [0.05, 0.1) is 31.3 Å². The van der Waals surface area contributed by atoms with Crippen LogP contribution in [0, 0.1) is 0 Å². The molecule has 0 fully saturated rings. The van der Waals surface area contributed by atoms with Crippen LogP contribution >= 0.6 is 0 Å². The summed E-state index contributed by atoms with van der Waals surface area (Å²) >= 11 is 0. The third-order valence-electron chi connectivity index (χ3n) is 4.29. The largest absolute Gasteiger partial charge is 0.497 e. The Morgan fingerprint density at radius 2 is 1.37 bits per heavy atom. The number of hydrogen-bond donors (Lipinski definition) is 0. The molecule has 1 heterocycles. The SMILES string of the molecule is COc1ccc(N=c2nc3cccccc-3n2-c2ccc(OC)cc2)cc1. The quantitative estimate of drug-likeness (QED) is 0.549. The van der Waals surface area contributed by atoms with Crippen molar-refractivity contribution in [3.05, 3.63) is 84.5 Å². The molecular formula is C22H19N3O2. The van der Waals surface area contributed by atoms with Gasteiger partial charge in [-0.05, 0) is 60.7 Å². The summed E-state index contributed by atoms with van der Waals surface area (Å²) in [6.07, 6.45) is 0. The zero-order valence-corrected chi connectivity index (χ0v) is 15.2. The standard InChI is InChI=1S/C22H19N3O2/c1-26-18-12-8-16(9-13-18)23-22-24-20-6-4-3-5-7-21(20)25(22)17-10-14-19(27-2)15-11-17/h3-15H,1-2H3.